The Morgan fingerprint density at radius 1 is 1.00 bits per heavy atom. The van der Waals surface area contributed by atoms with Gasteiger partial charge in [-0.25, -0.2) is 8.42 Å². The van der Waals surface area contributed by atoms with Crippen LogP contribution in [0.4, 0.5) is 0 Å². The normalized spacial score (nSPS) is 25.3. The van der Waals surface area contributed by atoms with Gasteiger partial charge in [-0.1, -0.05) is 18.2 Å². The summed E-state index contributed by atoms with van der Waals surface area (Å²) < 4.78 is 23.4. The second-order valence-electron chi connectivity index (χ2n) is 8.66. The van der Waals surface area contributed by atoms with Crippen molar-refractivity contribution in [1.82, 2.24) is 14.8 Å². The number of hydrogen-bond acceptors (Lipinski definition) is 4. The highest BCUT2D eigenvalue weighted by atomic mass is 32.2. The van der Waals surface area contributed by atoms with Gasteiger partial charge in [0.25, 0.3) is 5.91 Å². The molecule has 1 N–H and O–H groups in total. The number of sulfone groups is 1. The van der Waals surface area contributed by atoms with E-state index in [4.69, 9.17) is 0 Å². The SMILES string of the molecule is O=C(c1cc2ccccc2[nH]1)N1CCN(C(=O)[C@@H]2CC23CCS(=O)(=O)CC3)CC1. The first-order valence-electron chi connectivity index (χ1n) is 10.2. The van der Waals surface area contributed by atoms with Crippen molar-refractivity contribution in [2.75, 3.05) is 37.7 Å². The molecule has 29 heavy (non-hydrogen) atoms. The monoisotopic (exact) mass is 415 g/mol. The van der Waals surface area contributed by atoms with Crippen LogP contribution in [0.2, 0.25) is 0 Å². The number of aromatic amines is 1. The minimum atomic E-state index is -2.91. The van der Waals surface area contributed by atoms with Gasteiger partial charge < -0.3 is 14.8 Å². The fourth-order valence-corrected chi connectivity index (χ4v) is 6.54. The predicted octanol–water partition coefficient (Wildman–Crippen LogP) is 1.67. The van der Waals surface area contributed by atoms with Crippen molar-refractivity contribution in [2.24, 2.45) is 11.3 Å². The fraction of sp³-hybridized carbons (Fsp3) is 0.524. The van der Waals surface area contributed by atoms with Gasteiger partial charge in [0.15, 0.2) is 0 Å². The zero-order valence-corrected chi connectivity index (χ0v) is 17.1. The van der Waals surface area contributed by atoms with Crippen molar-refractivity contribution in [3.05, 3.63) is 36.0 Å². The number of para-hydroxylation sites is 1. The number of nitrogens with one attached hydrogen (secondary N) is 1. The number of piperazine rings is 1. The lowest BCUT2D eigenvalue weighted by Gasteiger charge is -2.35. The van der Waals surface area contributed by atoms with E-state index < -0.39 is 9.84 Å². The lowest BCUT2D eigenvalue weighted by molar-refractivity contribution is -0.135. The Kier molecular flexibility index (Phi) is 4.24. The maximum Gasteiger partial charge on any atom is 0.270 e. The van der Waals surface area contributed by atoms with Crippen LogP contribution in [0.5, 0.6) is 0 Å². The molecule has 1 aromatic carbocycles. The number of nitrogens with zero attached hydrogens (tertiary/aromatic N) is 2. The molecule has 3 fully saturated rings. The summed E-state index contributed by atoms with van der Waals surface area (Å²) in [6.45, 7) is 2.12. The van der Waals surface area contributed by atoms with E-state index in [-0.39, 0.29) is 34.7 Å². The van der Waals surface area contributed by atoms with E-state index in [1.165, 1.54) is 0 Å². The molecule has 8 heteroatoms. The molecule has 5 rings (SSSR count). The lowest BCUT2D eigenvalue weighted by Crippen LogP contribution is -2.51. The Balaban J connectivity index is 1.19. The summed E-state index contributed by atoms with van der Waals surface area (Å²) >= 11 is 0. The van der Waals surface area contributed by atoms with Crippen molar-refractivity contribution in [3.8, 4) is 0 Å². The summed E-state index contributed by atoms with van der Waals surface area (Å²) in [6.07, 6.45) is 2.05. The highest BCUT2D eigenvalue weighted by Gasteiger charge is 2.60. The molecule has 2 aliphatic heterocycles. The van der Waals surface area contributed by atoms with Gasteiger partial charge in [0, 0.05) is 43.0 Å². The summed E-state index contributed by atoms with van der Waals surface area (Å²) in [5.41, 5.74) is 1.44. The first kappa shape index (κ1) is 18.7. The molecule has 0 unspecified atom stereocenters. The number of fused-ring (bicyclic) bond motifs is 1. The van der Waals surface area contributed by atoms with E-state index in [9.17, 15) is 18.0 Å². The van der Waals surface area contributed by atoms with Crippen LogP contribution in [0.15, 0.2) is 30.3 Å². The number of carbonyl (C=O) groups is 2. The Morgan fingerprint density at radius 3 is 2.34 bits per heavy atom. The Morgan fingerprint density at radius 2 is 1.66 bits per heavy atom. The molecule has 2 aromatic rings. The molecule has 1 spiro atoms. The quantitative estimate of drug-likeness (QED) is 0.808. The van der Waals surface area contributed by atoms with Crippen molar-refractivity contribution in [1.29, 1.82) is 0 Å². The van der Waals surface area contributed by atoms with Crippen LogP contribution in [0.25, 0.3) is 10.9 Å². The molecule has 0 radical (unpaired) electrons. The van der Waals surface area contributed by atoms with Crippen LogP contribution in [-0.2, 0) is 14.6 Å². The molecule has 1 atom stereocenters. The number of hydrogen-bond donors (Lipinski definition) is 1. The van der Waals surface area contributed by atoms with Gasteiger partial charge in [0.1, 0.15) is 15.5 Å². The van der Waals surface area contributed by atoms with E-state index in [0.717, 1.165) is 17.3 Å². The third kappa shape index (κ3) is 3.33. The summed E-state index contributed by atoms with van der Waals surface area (Å²) in [4.78, 5) is 32.6. The summed E-state index contributed by atoms with van der Waals surface area (Å²) in [6, 6.07) is 9.68. The zero-order valence-electron chi connectivity index (χ0n) is 16.3. The standard InChI is InChI=1S/C21H25N3O4S/c25-19(16-14-21(16)5-11-29(27,28)12-6-21)23-7-9-24(10-8-23)20(26)18-13-15-3-1-2-4-17(15)22-18/h1-4,13,16,22H,5-12,14H2/t16-/m0/s1. The molecule has 2 saturated heterocycles. The van der Waals surface area contributed by atoms with Gasteiger partial charge >= 0.3 is 0 Å². The van der Waals surface area contributed by atoms with Gasteiger partial charge in [0.2, 0.25) is 5.91 Å². The van der Waals surface area contributed by atoms with E-state index in [2.05, 4.69) is 4.98 Å². The lowest BCUT2D eigenvalue weighted by atomic mass is 9.95. The molecule has 3 heterocycles. The molecule has 7 nitrogen and oxygen atoms in total. The molecule has 3 aliphatic rings. The second-order valence-corrected chi connectivity index (χ2v) is 11.0. The molecule has 2 amide bonds. The molecule has 1 aliphatic carbocycles. The molecule has 1 saturated carbocycles. The van der Waals surface area contributed by atoms with E-state index in [1.807, 2.05) is 35.2 Å². The Hall–Kier alpha value is -2.35. The predicted molar refractivity (Wildman–Crippen MR) is 109 cm³/mol. The number of amides is 2. The van der Waals surface area contributed by atoms with E-state index >= 15 is 0 Å². The minimum absolute atomic E-state index is 0.0334. The highest BCUT2D eigenvalue weighted by molar-refractivity contribution is 7.91. The molecular weight excluding hydrogens is 390 g/mol. The van der Waals surface area contributed by atoms with Crippen LogP contribution in [0.3, 0.4) is 0 Å². The van der Waals surface area contributed by atoms with Crippen LogP contribution >= 0.6 is 0 Å². The Bertz CT molecular complexity index is 1040. The average Bonchev–Trinajstić information content (AvgIpc) is 3.27. The summed E-state index contributed by atoms with van der Waals surface area (Å²) in [5, 5.41) is 1.01. The van der Waals surface area contributed by atoms with Gasteiger partial charge in [-0.3, -0.25) is 9.59 Å². The van der Waals surface area contributed by atoms with Crippen LogP contribution < -0.4 is 0 Å². The minimum Gasteiger partial charge on any atom is -0.351 e. The first-order chi connectivity index (χ1) is 13.9. The summed E-state index contributed by atoms with van der Waals surface area (Å²) in [5.74, 6) is 0.497. The van der Waals surface area contributed by atoms with Crippen molar-refractivity contribution >= 4 is 32.6 Å². The second kappa shape index (κ2) is 6.58. The van der Waals surface area contributed by atoms with E-state index in [1.54, 1.807) is 4.90 Å². The zero-order chi connectivity index (χ0) is 20.2. The largest absolute Gasteiger partial charge is 0.351 e. The number of rotatable bonds is 2. The molecular formula is C21H25N3O4S. The third-order valence-corrected chi connectivity index (χ3v) is 8.60. The van der Waals surface area contributed by atoms with Crippen LogP contribution in [-0.4, -0.2) is 72.7 Å². The van der Waals surface area contributed by atoms with Gasteiger partial charge in [-0.2, -0.15) is 0 Å². The highest BCUT2D eigenvalue weighted by Crippen LogP contribution is 2.60. The summed E-state index contributed by atoms with van der Waals surface area (Å²) in [7, 11) is -2.91. The molecule has 0 bridgehead atoms. The average molecular weight is 416 g/mol. The van der Waals surface area contributed by atoms with Crippen LogP contribution in [0.1, 0.15) is 29.8 Å². The van der Waals surface area contributed by atoms with Gasteiger partial charge in [-0.15, -0.1) is 0 Å². The third-order valence-electron chi connectivity index (χ3n) is 6.95. The van der Waals surface area contributed by atoms with Crippen molar-refractivity contribution in [3.63, 3.8) is 0 Å². The number of benzene rings is 1. The molecule has 154 valence electrons. The van der Waals surface area contributed by atoms with Gasteiger partial charge in [-0.05, 0) is 36.8 Å². The first-order valence-corrected chi connectivity index (χ1v) is 12.1. The number of H-pyrrole nitrogens is 1. The van der Waals surface area contributed by atoms with Crippen molar-refractivity contribution < 1.29 is 18.0 Å². The smallest absolute Gasteiger partial charge is 0.270 e. The van der Waals surface area contributed by atoms with E-state index in [0.29, 0.717) is 44.7 Å². The fourth-order valence-electron chi connectivity index (χ4n) is 4.90. The van der Waals surface area contributed by atoms with Crippen LogP contribution in [0, 0.1) is 11.3 Å². The molecule has 1 aromatic heterocycles. The van der Waals surface area contributed by atoms with Gasteiger partial charge in [0.05, 0.1) is 11.5 Å². The maximum absolute atomic E-state index is 12.9. The number of carbonyl (C=O) groups excluding carboxylic acids is 2. The maximum atomic E-state index is 12.9. The van der Waals surface area contributed by atoms with Crippen molar-refractivity contribution in [2.45, 2.75) is 19.3 Å². The number of aromatic nitrogens is 1. The Labute approximate surface area is 170 Å². The topological polar surface area (TPSA) is 90.6 Å².